The van der Waals surface area contributed by atoms with Crippen LogP contribution in [0.1, 0.15) is 41.3 Å². The summed E-state index contributed by atoms with van der Waals surface area (Å²) in [4.78, 5) is 30.3. The van der Waals surface area contributed by atoms with Crippen LogP contribution in [-0.4, -0.2) is 35.5 Å². The lowest BCUT2D eigenvalue weighted by Crippen LogP contribution is -2.35. The van der Waals surface area contributed by atoms with Crippen LogP contribution in [0.4, 0.5) is 10.5 Å². The summed E-state index contributed by atoms with van der Waals surface area (Å²) in [5.74, 6) is 0.0111. The summed E-state index contributed by atoms with van der Waals surface area (Å²) in [6.45, 7) is 7.21. The second-order valence-corrected chi connectivity index (χ2v) is 7.46. The molecule has 0 fully saturated rings. The smallest absolute Gasteiger partial charge is 0.357 e. The first-order valence-electron chi connectivity index (χ1n) is 8.54. The molecule has 0 aliphatic rings. The molecule has 1 aromatic heterocycles. The third-order valence-corrected chi connectivity index (χ3v) is 4.67. The molecular weight excluding hydrogens is 350 g/mol. The number of urea groups is 1. The van der Waals surface area contributed by atoms with E-state index >= 15 is 0 Å². The molecule has 1 heterocycles. The predicted octanol–water partition coefficient (Wildman–Crippen LogP) is 4.32. The number of aryl methyl sites for hydroxylation is 1. The number of aromatic nitrogens is 1. The zero-order valence-electron chi connectivity index (χ0n) is 15.6. The predicted molar refractivity (Wildman–Crippen MR) is 104 cm³/mol. The Bertz CT molecular complexity index is 741. The number of amides is 2. The molecule has 26 heavy (non-hydrogen) atoms. The fourth-order valence-electron chi connectivity index (χ4n) is 2.25. The molecule has 2 aromatic rings. The fourth-order valence-corrected chi connectivity index (χ4v) is 3.03. The zero-order valence-corrected chi connectivity index (χ0v) is 16.4. The minimum Gasteiger partial charge on any atom is -0.464 e. The lowest BCUT2D eigenvalue weighted by atomic mass is 10.1. The lowest BCUT2D eigenvalue weighted by molar-refractivity contribution is 0.0594. The number of esters is 1. The summed E-state index contributed by atoms with van der Waals surface area (Å²) in [7, 11) is 1.32. The van der Waals surface area contributed by atoms with Gasteiger partial charge in [-0.15, -0.1) is 11.3 Å². The Labute approximate surface area is 158 Å². The third kappa shape index (κ3) is 5.84. The van der Waals surface area contributed by atoms with Gasteiger partial charge in [0.25, 0.3) is 0 Å². The molecule has 140 valence electrons. The SMILES string of the molecule is COC(=O)c1csc(CN(CCC(C)C)C(=O)Nc2ccc(C)cc2)n1. The van der Waals surface area contributed by atoms with Crippen molar-refractivity contribution < 1.29 is 14.3 Å². The molecule has 0 saturated heterocycles. The van der Waals surface area contributed by atoms with Crippen molar-refractivity contribution in [3.05, 3.63) is 45.9 Å². The van der Waals surface area contributed by atoms with Crippen molar-refractivity contribution in [3.8, 4) is 0 Å². The Balaban J connectivity index is 2.08. The van der Waals surface area contributed by atoms with Gasteiger partial charge in [-0.2, -0.15) is 0 Å². The summed E-state index contributed by atoms with van der Waals surface area (Å²) in [5.41, 5.74) is 2.16. The van der Waals surface area contributed by atoms with E-state index in [9.17, 15) is 9.59 Å². The first kappa shape index (κ1) is 19.9. The Hall–Kier alpha value is -2.41. The number of nitrogens with one attached hydrogen (secondary N) is 1. The second-order valence-electron chi connectivity index (χ2n) is 6.52. The van der Waals surface area contributed by atoms with Crippen molar-refractivity contribution in [2.45, 2.75) is 33.7 Å². The lowest BCUT2D eigenvalue weighted by Gasteiger charge is -2.23. The maximum atomic E-state index is 12.7. The van der Waals surface area contributed by atoms with Crippen LogP contribution in [0.3, 0.4) is 0 Å². The monoisotopic (exact) mass is 375 g/mol. The van der Waals surface area contributed by atoms with Gasteiger partial charge in [0, 0.05) is 17.6 Å². The van der Waals surface area contributed by atoms with Gasteiger partial charge in [0.2, 0.25) is 0 Å². The summed E-state index contributed by atoms with van der Waals surface area (Å²) in [5, 5.41) is 5.28. The highest BCUT2D eigenvalue weighted by Gasteiger charge is 2.18. The van der Waals surface area contributed by atoms with E-state index in [2.05, 4.69) is 28.9 Å². The zero-order chi connectivity index (χ0) is 19.1. The molecule has 2 amide bonds. The largest absolute Gasteiger partial charge is 0.464 e. The topological polar surface area (TPSA) is 71.5 Å². The number of carbonyl (C=O) groups is 2. The normalized spacial score (nSPS) is 10.7. The van der Waals surface area contributed by atoms with Crippen molar-refractivity contribution in [2.24, 2.45) is 5.92 Å². The van der Waals surface area contributed by atoms with E-state index in [0.717, 1.165) is 17.7 Å². The van der Waals surface area contributed by atoms with Crippen LogP contribution in [0.15, 0.2) is 29.6 Å². The minimum atomic E-state index is -0.467. The Morgan fingerprint density at radius 3 is 2.58 bits per heavy atom. The average molecular weight is 375 g/mol. The van der Waals surface area contributed by atoms with Crippen molar-refractivity contribution in [2.75, 3.05) is 19.0 Å². The fraction of sp³-hybridized carbons (Fsp3) is 0.421. The number of hydrogen-bond donors (Lipinski definition) is 1. The van der Waals surface area contributed by atoms with Gasteiger partial charge in [-0.1, -0.05) is 31.5 Å². The highest BCUT2D eigenvalue weighted by atomic mass is 32.1. The first-order valence-corrected chi connectivity index (χ1v) is 9.42. The van der Waals surface area contributed by atoms with E-state index in [1.165, 1.54) is 18.4 Å². The van der Waals surface area contributed by atoms with Crippen LogP contribution in [0.25, 0.3) is 0 Å². The quantitative estimate of drug-likeness (QED) is 0.732. The standard InChI is InChI=1S/C19H25N3O3S/c1-13(2)9-10-22(11-17-21-16(12-26-17)18(23)25-4)19(24)20-15-7-5-14(3)6-8-15/h5-8,12-13H,9-11H2,1-4H3,(H,20,24). The number of nitrogens with zero attached hydrogens (tertiary/aromatic N) is 2. The number of benzene rings is 1. The molecule has 2 rings (SSSR count). The van der Waals surface area contributed by atoms with Crippen molar-refractivity contribution in [1.82, 2.24) is 9.88 Å². The van der Waals surface area contributed by atoms with E-state index in [1.54, 1.807) is 10.3 Å². The van der Waals surface area contributed by atoms with Crippen LogP contribution in [0.5, 0.6) is 0 Å². The number of hydrogen-bond acceptors (Lipinski definition) is 5. The Kier molecular flexibility index (Phi) is 7.15. The number of ether oxygens (including phenoxy) is 1. The average Bonchev–Trinajstić information content (AvgIpc) is 3.08. The van der Waals surface area contributed by atoms with Gasteiger partial charge in [-0.3, -0.25) is 0 Å². The van der Waals surface area contributed by atoms with Gasteiger partial charge >= 0.3 is 12.0 Å². The van der Waals surface area contributed by atoms with Crippen molar-refractivity contribution >= 4 is 29.0 Å². The molecule has 6 nitrogen and oxygen atoms in total. The highest BCUT2D eigenvalue weighted by molar-refractivity contribution is 7.09. The molecule has 1 aromatic carbocycles. The summed E-state index contributed by atoms with van der Waals surface area (Å²) in [6.07, 6.45) is 0.885. The van der Waals surface area contributed by atoms with E-state index in [-0.39, 0.29) is 11.7 Å². The molecule has 0 saturated carbocycles. The van der Waals surface area contributed by atoms with Gasteiger partial charge in [-0.05, 0) is 31.4 Å². The number of anilines is 1. The van der Waals surface area contributed by atoms with Crippen LogP contribution in [-0.2, 0) is 11.3 Å². The van der Waals surface area contributed by atoms with E-state index < -0.39 is 5.97 Å². The van der Waals surface area contributed by atoms with E-state index in [0.29, 0.717) is 24.0 Å². The van der Waals surface area contributed by atoms with Gasteiger partial charge in [-0.25, -0.2) is 14.6 Å². The molecule has 0 aliphatic heterocycles. The highest BCUT2D eigenvalue weighted by Crippen LogP contribution is 2.16. The molecule has 1 N–H and O–H groups in total. The summed E-state index contributed by atoms with van der Waals surface area (Å²) < 4.78 is 4.68. The molecule has 0 atom stereocenters. The molecule has 0 bridgehead atoms. The third-order valence-electron chi connectivity index (χ3n) is 3.84. The van der Waals surface area contributed by atoms with Gasteiger partial charge in [0.1, 0.15) is 5.01 Å². The maximum absolute atomic E-state index is 12.7. The van der Waals surface area contributed by atoms with Gasteiger partial charge in [0.15, 0.2) is 5.69 Å². The van der Waals surface area contributed by atoms with Crippen molar-refractivity contribution in [1.29, 1.82) is 0 Å². The van der Waals surface area contributed by atoms with Crippen molar-refractivity contribution in [3.63, 3.8) is 0 Å². The number of rotatable bonds is 7. The summed E-state index contributed by atoms with van der Waals surface area (Å²) in [6, 6.07) is 7.50. The van der Waals surface area contributed by atoms with E-state index in [1.807, 2.05) is 31.2 Å². The van der Waals surface area contributed by atoms with Gasteiger partial charge < -0.3 is 15.0 Å². The summed E-state index contributed by atoms with van der Waals surface area (Å²) >= 11 is 1.35. The molecule has 7 heteroatoms. The first-order chi connectivity index (χ1) is 12.4. The second kappa shape index (κ2) is 9.33. The molecule has 0 radical (unpaired) electrons. The van der Waals surface area contributed by atoms with E-state index in [4.69, 9.17) is 0 Å². The number of thiazole rings is 1. The molecule has 0 spiro atoms. The van der Waals surface area contributed by atoms with Crippen LogP contribution < -0.4 is 5.32 Å². The minimum absolute atomic E-state index is 0.177. The number of methoxy groups -OCH3 is 1. The van der Waals surface area contributed by atoms with Crippen LogP contribution in [0.2, 0.25) is 0 Å². The van der Waals surface area contributed by atoms with Crippen LogP contribution >= 0.6 is 11.3 Å². The molecule has 0 aliphatic carbocycles. The Morgan fingerprint density at radius 1 is 1.27 bits per heavy atom. The molecular formula is C19H25N3O3S. The van der Waals surface area contributed by atoms with Gasteiger partial charge in [0.05, 0.1) is 13.7 Å². The molecule has 0 unspecified atom stereocenters. The van der Waals surface area contributed by atoms with Crippen LogP contribution in [0, 0.1) is 12.8 Å². The Morgan fingerprint density at radius 2 is 1.96 bits per heavy atom. The number of carbonyl (C=O) groups excluding carboxylic acids is 2. The maximum Gasteiger partial charge on any atom is 0.357 e.